The maximum atomic E-state index is 10.8. The van der Waals surface area contributed by atoms with Crippen molar-refractivity contribution >= 4 is 5.91 Å². The largest absolute Gasteiger partial charge is 0.368 e. The SMILES string of the molecule is C#CCCNC(C(N)=O)C(C)C. The first-order chi connectivity index (χ1) is 5.59. The molecule has 1 amide bonds. The van der Waals surface area contributed by atoms with Crippen LogP contribution in [0, 0.1) is 18.3 Å². The summed E-state index contributed by atoms with van der Waals surface area (Å²) in [6, 6.07) is -0.265. The number of terminal acetylenes is 1. The second kappa shape index (κ2) is 5.62. The van der Waals surface area contributed by atoms with Gasteiger partial charge in [-0.05, 0) is 5.92 Å². The Balaban J connectivity index is 3.82. The maximum Gasteiger partial charge on any atom is 0.234 e. The first kappa shape index (κ1) is 11.0. The van der Waals surface area contributed by atoms with Gasteiger partial charge in [0.2, 0.25) is 5.91 Å². The Hall–Kier alpha value is -1.01. The summed E-state index contributed by atoms with van der Waals surface area (Å²) < 4.78 is 0. The molecule has 0 heterocycles. The molecule has 3 nitrogen and oxygen atoms in total. The van der Waals surface area contributed by atoms with E-state index in [9.17, 15) is 4.79 Å². The molecule has 0 rings (SSSR count). The van der Waals surface area contributed by atoms with Crippen LogP contribution < -0.4 is 11.1 Å². The van der Waals surface area contributed by atoms with Gasteiger partial charge in [-0.2, -0.15) is 0 Å². The Morgan fingerprint density at radius 2 is 2.25 bits per heavy atom. The summed E-state index contributed by atoms with van der Waals surface area (Å²) in [4.78, 5) is 10.8. The van der Waals surface area contributed by atoms with E-state index in [0.717, 1.165) is 0 Å². The average Bonchev–Trinajstić information content (AvgIpc) is 1.96. The standard InChI is InChI=1S/C9H16N2O/c1-4-5-6-11-8(7(2)3)9(10)12/h1,7-8,11H,5-6H2,2-3H3,(H2,10,12). The van der Waals surface area contributed by atoms with Crippen LogP contribution in [0.25, 0.3) is 0 Å². The van der Waals surface area contributed by atoms with Crippen LogP contribution in [0.5, 0.6) is 0 Å². The van der Waals surface area contributed by atoms with Gasteiger partial charge in [0.1, 0.15) is 0 Å². The minimum absolute atomic E-state index is 0.209. The lowest BCUT2D eigenvalue weighted by molar-refractivity contribution is -0.120. The minimum atomic E-state index is -0.318. The van der Waals surface area contributed by atoms with Crippen molar-refractivity contribution in [2.45, 2.75) is 26.3 Å². The quantitative estimate of drug-likeness (QED) is 0.452. The number of primary amides is 1. The molecule has 0 saturated heterocycles. The predicted molar refractivity (Wildman–Crippen MR) is 49.3 cm³/mol. The molecule has 0 aliphatic heterocycles. The van der Waals surface area contributed by atoms with E-state index in [1.165, 1.54) is 0 Å². The van der Waals surface area contributed by atoms with Crippen molar-refractivity contribution in [3.63, 3.8) is 0 Å². The maximum absolute atomic E-state index is 10.8. The Kier molecular flexibility index (Phi) is 5.14. The predicted octanol–water partition coefficient (Wildman–Crippen LogP) is 0.109. The Morgan fingerprint density at radius 3 is 2.58 bits per heavy atom. The molecule has 3 N–H and O–H groups in total. The van der Waals surface area contributed by atoms with Crippen molar-refractivity contribution in [2.75, 3.05) is 6.54 Å². The number of hydrogen-bond acceptors (Lipinski definition) is 2. The molecular weight excluding hydrogens is 152 g/mol. The van der Waals surface area contributed by atoms with E-state index >= 15 is 0 Å². The Bertz CT molecular complexity index is 181. The van der Waals surface area contributed by atoms with Gasteiger partial charge in [-0.15, -0.1) is 12.3 Å². The lowest BCUT2D eigenvalue weighted by atomic mass is 10.0. The third-order valence-electron chi connectivity index (χ3n) is 1.61. The van der Waals surface area contributed by atoms with Crippen LogP contribution in [0.2, 0.25) is 0 Å². The Morgan fingerprint density at radius 1 is 1.67 bits per heavy atom. The summed E-state index contributed by atoms with van der Waals surface area (Å²) >= 11 is 0. The molecule has 0 aliphatic carbocycles. The van der Waals surface area contributed by atoms with Crippen LogP contribution in [-0.2, 0) is 4.79 Å². The van der Waals surface area contributed by atoms with Gasteiger partial charge in [0.25, 0.3) is 0 Å². The fourth-order valence-electron chi connectivity index (χ4n) is 0.965. The normalized spacial score (nSPS) is 12.5. The summed E-state index contributed by atoms with van der Waals surface area (Å²) in [5.41, 5.74) is 5.17. The zero-order chi connectivity index (χ0) is 9.56. The molecule has 1 atom stereocenters. The smallest absolute Gasteiger partial charge is 0.234 e. The topological polar surface area (TPSA) is 55.1 Å². The summed E-state index contributed by atoms with van der Waals surface area (Å²) in [6.07, 6.45) is 5.68. The van der Waals surface area contributed by atoms with Gasteiger partial charge in [0.05, 0.1) is 6.04 Å². The molecule has 0 aliphatic rings. The molecular formula is C9H16N2O. The van der Waals surface area contributed by atoms with E-state index in [1.54, 1.807) is 0 Å². The summed E-state index contributed by atoms with van der Waals surface area (Å²) in [5.74, 6) is 2.38. The zero-order valence-electron chi connectivity index (χ0n) is 7.63. The molecule has 0 bridgehead atoms. The molecule has 3 heteroatoms. The highest BCUT2D eigenvalue weighted by molar-refractivity contribution is 5.80. The lowest BCUT2D eigenvalue weighted by Gasteiger charge is -2.17. The number of amides is 1. The van der Waals surface area contributed by atoms with Crippen molar-refractivity contribution in [1.29, 1.82) is 0 Å². The molecule has 0 aromatic heterocycles. The van der Waals surface area contributed by atoms with Gasteiger partial charge in [0.15, 0.2) is 0 Å². The van der Waals surface area contributed by atoms with E-state index < -0.39 is 0 Å². The highest BCUT2D eigenvalue weighted by Crippen LogP contribution is 1.99. The number of nitrogens with two attached hydrogens (primary N) is 1. The van der Waals surface area contributed by atoms with Crippen LogP contribution >= 0.6 is 0 Å². The van der Waals surface area contributed by atoms with Gasteiger partial charge in [-0.25, -0.2) is 0 Å². The van der Waals surface area contributed by atoms with Crippen molar-refractivity contribution < 1.29 is 4.79 Å². The van der Waals surface area contributed by atoms with E-state index in [2.05, 4.69) is 11.2 Å². The number of rotatable bonds is 5. The first-order valence-corrected chi connectivity index (χ1v) is 4.05. The number of hydrogen-bond donors (Lipinski definition) is 2. The molecule has 0 fully saturated rings. The van der Waals surface area contributed by atoms with Crippen LogP contribution in [0.1, 0.15) is 20.3 Å². The second-order valence-corrected chi connectivity index (χ2v) is 3.03. The minimum Gasteiger partial charge on any atom is -0.368 e. The molecule has 0 spiro atoms. The van der Waals surface area contributed by atoms with Crippen molar-refractivity contribution in [2.24, 2.45) is 11.7 Å². The van der Waals surface area contributed by atoms with E-state index in [1.807, 2.05) is 13.8 Å². The van der Waals surface area contributed by atoms with Gasteiger partial charge < -0.3 is 11.1 Å². The van der Waals surface area contributed by atoms with Crippen molar-refractivity contribution in [3.05, 3.63) is 0 Å². The van der Waals surface area contributed by atoms with Crippen LogP contribution in [0.4, 0.5) is 0 Å². The van der Waals surface area contributed by atoms with Gasteiger partial charge in [0, 0.05) is 13.0 Å². The molecule has 0 aromatic carbocycles. The third kappa shape index (κ3) is 3.99. The third-order valence-corrected chi connectivity index (χ3v) is 1.61. The molecule has 68 valence electrons. The number of nitrogens with one attached hydrogen (secondary N) is 1. The van der Waals surface area contributed by atoms with Crippen LogP contribution in [0.15, 0.2) is 0 Å². The molecule has 0 saturated carbocycles. The lowest BCUT2D eigenvalue weighted by Crippen LogP contribution is -2.45. The molecule has 0 radical (unpaired) electrons. The zero-order valence-corrected chi connectivity index (χ0v) is 7.63. The Labute approximate surface area is 73.7 Å². The van der Waals surface area contributed by atoms with Crippen molar-refractivity contribution in [3.8, 4) is 12.3 Å². The highest BCUT2D eigenvalue weighted by atomic mass is 16.1. The van der Waals surface area contributed by atoms with E-state index in [4.69, 9.17) is 12.2 Å². The fraction of sp³-hybridized carbons (Fsp3) is 0.667. The average molecular weight is 168 g/mol. The van der Waals surface area contributed by atoms with Crippen LogP contribution in [0.3, 0.4) is 0 Å². The fourth-order valence-corrected chi connectivity index (χ4v) is 0.965. The molecule has 12 heavy (non-hydrogen) atoms. The summed E-state index contributed by atoms with van der Waals surface area (Å²) in [5, 5.41) is 3.00. The highest BCUT2D eigenvalue weighted by Gasteiger charge is 2.17. The van der Waals surface area contributed by atoms with E-state index in [0.29, 0.717) is 13.0 Å². The van der Waals surface area contributed by atoms with Crippen molar-refractivity contribution in [1.82, 2.24) is 5.32 Å². The van der Waals surface area contributed by atoms with Crippen LogP contribution in [-0.4, -0.2) is 18.5 Å². The summed E-state index contributed by atoms with van der Waals surface area (Å²) in [7, 11) is 0. The monoisotopic (exact) mass is 168 g/mol. The number of carbonyl (C=O) groups excluding carboxylic acids is 1. The van der Waals surface area contributed by atoms with Gasteiger partial charge in [-0.3, -0.25) is 4.79 Å². The molecule has 0 aromatic rings. The first-order valence-electron chi connectivity index (χ1n) is 4.05. The summed E-state index contributed by atoms with van der Waals surface area (Å²) in [6.45, 7) is 4.53. The van der Waals surface area contributed by atoms with Gasteiger partial charge >= 0.3 is 0 Å². The van der Waals surface area contributed by atoms with Gasteiger partial charge in [-0.1, -0.05) is 13.8 Å². The number of carbonyl (C=O) groups is 1. The van der Waals surface area contributed by atoms with E-state index in [-0.39, 0.29) is 17.9 Å². The second-order valence-electron chi connectivity index (χ2n) is 3.03. The molecule has 1 unspecified atom stereocenters.